The number of rotatable bonds is 6. The summed E-state index contributed by atoms with van der Waals surface area (Å²) in [5.41, 5.74) is -0.793. The second-order valence-corrected chi connectivity index (χ2v) is 5.47. The number of hydrogen-bond acceptors (Lipinski definition) is 3. The summed E-state index contributed by atoms with van der Waals surface area (Å²) >= 11 is 0. The molecule has 2 unspecified atom stereocenters. The molecule has 20 heavy (non-hydrogen) atoms. The van der Waals surface area contributed by atoms with Crippen LogP contribution in [0.4, 0.5) is 4.79 Å². The maximum atomic E-state index is 12.2. The smallest absolute Gasteiger partial charge is 0.317 e. The summed E-state index contributed by atoms with van der Waals surface area (Å²) in [4.78, 5) is 25.3. The zero-order chi connectivity index (χ0) is 15.2. The topological polar surface area (TPSA) is 78.9 Å². The molecule has 2 amide bonds. The largest absolute Gasteiger partial charge is 0.481 e. The molecule has 0 spiro atoms. The molecule has 2 N–H and O–H groups in total. The van der Waals surface area contributed by atoms with Gasteiger partial charge in [0.25, 0.3) is 0 Å². The highest BCUT2D eigenvalue weighted by atomic mass is 16.5. The van der Waals surface area contributed by atoms with Gasteiger partial charge in [-0.1, -0.05) is 13.8 Å². The molecule has 2 atom stereocenters. The Morgan fingerprint density at radius 1 is 1.45 bits per heavy atom. The quantitative estimate of drug-likeness (QED) is 0.779. The van der Waals surface area contributed by atoms with Gasteiger partial charge in [-0.15, -0.1) is 0 Å². The van der Waals surface area contributed by atoms with E-state index in [1.54, 1.807) is 12.0 Å². The fourth-order valence-corrected chi connectivity index (χ4v) is 2.65. The first-order valence-electron chi connectivity index (χ1n) is 7.26. The molecule has 1 saturated heterocycles. The van der Waals surface area contributed by atoms with Crippen LogP contribution >= 0.6 is 0 Å². The van der Waals surface area contributed by atoms with Crippen molar-refractivity contribution in [2.75, 3.05) is 26.8 Å². The van der Waals surface area contributed by atoms with Crippen molar-refractivity contribution in [2.24, 2.45) is 5.41 Å². The number of urea groups is 1. The molecule has 0 aromatic heterocycles. The fourth-order valence-electron chi connectivity index (χ4n) is 2.65. The maximum absolute atomic E-state index is 12.2. The van der Waals surface area contributed by atoms with Crippen LogP contribution in [0.3, 0.4) is 0 Å². The van der Waals surface area contributed by atoms with Crippen LogP contribution in [-0.4, -0.2) is 54.9 Å². The van der Waals surface area contributed by atoms with Crippen LogP contribution in [0, 0.1) is 5.41 Å². The minimum Gasteiger partial charge on any atom is -0.481 e. The summed E-state index contributed by atoms with van der Waals surface area (Å²) in [6.45, 7) is 5.22. The number of carbonyl (C=O) groups is 2. The van der Waals surface area contributed by atoms with Crippen LogP contribution in [0.5, 0.6) is 0 Å². The van der Waals surface area contributed by atoms with Crippen LogP contribution in [-0.2, 0) is 9.53 Å². The summed E-state index contributed by atoms with van der Waals surface area (Å²) in [6, 6.07) is -0.219. The Morgan fingerprint density at radius 3 is 2.65 bits per heavy atom. The highest BCUT2D eigenvalue weighted by molar-refractivity contribution is 5.79. The average Bonchev–Trinajstić information content (AvgIpc) is 2.46. The molecule has 0 bridgehead atoms. The van der Waals surface area contributed by atoms with Crippen molar-refractivity contribution >= 4 is 12.0 Å². The highest BCUT2D eigenvalue weighted by Gasteiger charge is 2.42. The van der Waals surface area contributed by atoms with E-state index in [2.05, 4.69) is 5.32 Å². The SMILES string of the molecule is CCC(COC)NC(=O)N1CCCC(CC)(C(=O)O)C1. The van der Waals surface area contributed by atoms with Gasteiger partial charge in [-0.25, -0.2) is 4.79 Å². The third-order valence-electron chi connectivity index (χ3n) is 4.18. The van der Waals surface area contributed by atoms with Crippen molar-refractivity contribution in [1.29, 1.82) is 0 Å². The van der Waals surface area contributed by atoms with Crippen LogP contribution in [0.15, 0.2) is 0 Å². The number of nitrogens with one attached hydrogen (secondary N) is 1. The number of nitrogens with zero attached hydrogens (tertiary/aromatic N) is 1. The molecule has 0 radical (unpaired) electrons. The van der Waals surface area contributed by atoms with E-state index >= 15 is 0 Å². The van der Waals surface area contributed by atoms with E-state index in [-0.39, 0.29) is 18.6 Å². The number of hydrogen-bond donors (Lipinski definition) is 2. The first kappa shape index (κ1) is 16.8. The van der Waals surface area contributed by atoms with Gasteiger partial charge in [0, 0.05) is 20.2 Å². The van der Waals surface area contributed by atoms with Crippen molar-refractivity contribution in [1.82, 2.24) is 10.2 Å². The number of carboxylic acids is 1. The number of aliphatic carboxylic acids is 1. The molecular formula is C14H26N2O4. The molecule has 0 aromatic carbocycles. The van der Waals surface area contributed by atoms with E-state index in [0.717, 1.165) is 12.8 Å². The fraction of sp³-hybridized carbons (Fsp3) is 0.857. The molecule has 0 saturated carbocycles. The molecule has 1 aliphatic rings. The summed E-state index contributed by atoms with van der Waals surface area (Å²) in [7, 11) is 1.60. The number of amides is 2. The van der Waals surface area contributed by atoms with Crippen LogP contribution in [0.2, 0.25) is 0 Å². The third kappa shape index (κ3) is 3.85. The molecule has 1 aliphatic heterocycles. The monoisotopic (exact) mass is 286 g/mol. The number of ether oxygens (including phenoxy) is 1. The Balaban J connectivity index is 2.66. The minimum atomic E-state index is -0.804. The number of methoxy groups -OCH3 is 1. The van der Waals surface area contributed by atoms with Gasteiger partial charge >= 0.3 is 12.0 Å². The van der Waals surface area contributed by atoms with Crippen LogP contribution < -0.4 is 5.32 Å². The summed E-state index contributed by atoms with van der Waals surface area (Å²) in [5.74, 6) is -0.804. The molecule has 6 heteroatoms. The second kappa shape index (κ2) is 7.47. The first-order chi connectivity index (χ1) is 9.49. The predicted octanol–water partition coefficient (Wildman–Crippen LogP) is 1.70. The molecule has 1 fully saturated rings. The number of piperidine rings is 1. The Bertz CT molecular complexity index is 348. The lowest BCUT2D eigenvalue weighted by molar-refractivity contribution is -0.152. The molecule has 1 rings (SSSR count). The van der Waals surface area contributed by atoms with E-state index in [9.17, 15) is 14.7 Å². The molecule has 0 aliphatic carbocycles. The predicted molar refractivity (Wildman–Crippen MR) is 75.7 cm³/mol. The summed E-state index contributed by atoms with van der Waals surface area (Å²) < 4.78 is 5.06. The van der Waals surface area contributed by atoms with Crippen molar-refractivity contribution in [3.63, 3.8) is 0 Å². The lowest BCUT2D eigenvalue weighted by Crippen LogP contribution is -2.54. The van der Waals surface area contributed by atoms with Gasteiger partial charge < -0.3 is 20.1 Å². The summed E-state index contributed by atoms with van der Waals surface area (Å²) in [6.07, 6.45) is 2.69. The van der Waals surface area contributed by atoms with E-state index in [1.807, 2.05) is 13.8 Å². The molecule has 6 nitrogen and oxygen atoms in total. The van der Waals surface area contributed by atoms with E-state index in [4.69, 9.17) is 4.74 Å². The van der Waals surface area contributed by atoms with Gasteiger partial charge in [0.2, 0.25) is 0 Å². The molecule has 116 valence electrons. The lowest BCUT2D eigenvalue weighted by Gasteiger charge is -2.39. The van der Waals surface area contributed by atoms with Gasteiger partial charge in [0.1, 0.15) is 0 Å². The van der Waals surface area contributed by atoms with Gasteiger partial charge in [0.15, 0.2) is 0 Å². The van der Waals surface area contributed by atoms with E-state index < -0.39 is 11.4 Å². The van der Waals surface area contributed by atoms with Crippen molar-refractivity contribution in [3.8, 4) is 0 Å². The highest BCUT2D eigenvalue weighted by Crippen LogP contribution is 2.33. The van der Waals surface area contributed by atoms with Gasteiger partial charge in [-0.3, -0.25) is 4.79 Å². The Morgan fingerprint density at radius 2 is 2.15 bits per heavy atom. The molecule has 1 heterocycles. The third-order valence-corrected chi connectivity index (χ3v) is 4.18. The maximum Gasteiger partial charge on any atom is 0.317 e. The van der Waals surface area contributed by atoms with Crippen molar-refractivity contribution in [2.45, 2.75) is 45.6 Å². The lowest BCUT2D eigenvalue weighted by atomic mass is 9.78. The number of carbonyl (C=O) groups excluding carboxylic acids is 1. The zero-order valence-electron chi connectivity index (χ0n) is 12.6. The average molecular weight is 286 g/mol. The molecule has 0 aromatic rings. The normalized spacial score (nSPS) is 24.2. The van der Waals surface area contributed by atoms with Crippen LogP contribution in [0.1, 0.15) is 39.5 Å². The zero-order valence-corrected chi connectivity index (χ0v) is 12.6. The Hall–Kier alpha value is -1.30. The van der Waals surface area contributed by atoms with Gasteiger partial charge in [-0.2, -0.15) is 0 Å². The Kier molecular flexibility index (Phi) is 6.26. The van der Waals surface area contributed by atoms with Crippen molar-refractivity contribution in [3.05, 3.63) is 0 Å². The first-order valence-corrected chi connectivity index (χ1v) is 7.26. The van der Waals surface area contributed by atoms with Gasteiger partial charge in [0.05, 0.1) is 18.1 Å². The molecular weight excluding hydrogens is 260 g/mol. The standard InChI is InChI=1S/C14H26N2O4/c1-4-11(9-20-3)15-13(19)16-8-6-7-14(5-2,10-16)12(17)18/h11H,4-10H2,1-3H3,(H,15,19)(H,17,18). The minimum absolute atomic E-state index is 0.0321. The van der Waals surface area contributed by atoms with E-state index in [1.165, 1.54) is 0 Å². The second-order valence-electron chi connectivity index (χ2n) is 5.47. The van der Waals surface area contributed by atoms with E-state index in [0.29, 0.717) is 26.0 Å². The van der Waals surface area contributed by atoms with Crippen molar-refractivity contribution < 1.29 is 19.4 Å². The number of likely N-dealkylation sites (tertiary alicyclic amines) is 1. The van der Waals surface area contributed by atoms with Crippen LogP contribution in [0.25, 0.3) is 0 Å². The number of carboxylic acid groups (broad SMARTS) is 1. The summed E-state index contributed by atoms with van der Waals surface area (Å²) in [5, 5.41) is 12.3. The Labute approximate surface area is 120 Å². The van der Waals surface area contributed by atoms with Gasteiger partial charge in [-0.05, 0) is 25.7 Å².